The zero-order valence-corrected chi connectivity index (χ0v) is 12.8. The van der Waals surface area contributed by atoms with Crippen LogP contribution in [0.5, 0.6) is 0 Å². The second kappa shape index (κ2) is 7.77. The summed E-state index contributed by atoms with van der Waals surface area (Å²) in [7, 11) is 0. The van der Waals surface area contributed by atoms with E-state index in [4.69, 9.17) is 21.2 Å². The highest BCUT2D eigenvalue weighted by Gasteiger charge is 2.10. The summed E-state index contributed by atoms with van der Waals surface area (Å²) in [5.41, 5.74) is 0.740. The molecule has 118 valence electrons. The normalized spacial score (nSPS) is 12.0. The van der Waals surface area contributed by atoms with Crippen LogP contribution < -0.4 is 10.6 Å². The molecule has 1 atom stereocenters. The van der Waals surface area contributed by atoms with Crippen LogP contribution in [-0.2, 0) is 6.54 Å². The number of urea groups is 1. The zero-order valence-electron chi connectivity index (χ0n) is 12.0. The molecule has 3 N–H and O–H groups in total. The van der Waals surface area contributed by atoms with Gasteiger partial charge in [-0.05, 0) is 25.5 Å². The topological polar surface area (TPSA) is 100 Å². The van der Waals surface area contributed by atoms with Gasteiger partial charge < -0.3 is 20.3 Å². The molecule has 1 unspecified atom stereocenters. The van der Waals surface area contributed by atoms with E-state index < -0.39 is 6.10 Å². The molecule has 1 aromatic carbocycles. The first-order valence-electron chi connectivity index (χ1n) is 6.83. The molecule has 0 saturated carbocycles. The number of halogens is 1. The monoisotopic (exact) mass is 324 g/mol. The van der Waals surface area contributed by atoms with Crippen LogP contribution in [-0.4, -0.2) is 33.9 Å². The van der Waals surface area contributed by atoms with Gasteiger partial charge >= 0.3 is 6.03 Å². The lowest BCUT2D eigenvalue weighted by Gasteiger charge is -2.06. The molecule has 0 bridgehead atoms. The third kappa shape index (κ3) is 5.01. The summed E-state index contributed by atoms with van der Waals surface area (Å²) in [6, 6.07) is 6.73. The lowest BCUT2D eigenvalue weighted by Crippen LogP contribution is -2.36. The van der Waals surface area contributed by atoms with Crippen molar-refractivity contribution in [1.29, 1.82) is 0 Å². The Bertz CT molecular complexity index is 630. The number of aliphatic hydroxyl groups excluding tert-OH is 1. The number of hydrogen-bond donors (Lipinski definition) is 3. The molecular formula is C14H17ClN4O3. The van der Waals surface area contributed by atoms with E-state index in [9.17, 15) is 4.79 Å². The van der Waals surface area contributed by atoms with Crippen molar-refractivity contribution < 1.29 is 14.4 Å². The van der Waals surface area contributed by atoms with E-state index in [1.54, 1.807) is 25.1 Å². The number of aromatic nitrogens is 2. The first-order chi connectivity index (χ1) is 10.5. The second-order valence-electron chi connectivity index (χ2n) is 4.77. The minimum atomic E-state index is -0.448. The lowest BCUT2D eigenvalue weighted by atomic mass is 10.2. The summed E-state index contributed by atoms with van der Waals surface area (Å²) in [5, 5.41) is 18.7. The van der Waals surface area contributed by atoms with Crippen molar-refractivity contribution in [2.45, 2.75) is 26.0 Å². The Labute approximate surface area is 132 Å². The third-order valence-electron chi connectivity index (χ3n) is 2.80. The quantitative estimate of drug-likeness (QED) is 0.754. The van der Waals surface area contributed by atoms with Crippen molar-refractivity contribution >= 4 is 17.6 Å². The first kappa shape index (κ1) is 16.3. The van der Waals surface area contributed by atoms with E-state index in [0.29, 0.717) is 29.7 Å². The molecule has 1 heterocycles. The Morgan fingerprint density at radius 3 is 3.00 bits per heavy atom. The molecule has 8 heteroatoms. The first-order valence-corrected chi connectivity index (χ1v) is 7.20. The van der Waals surface area contributed by atoms with Gasteiger partial charge in [0.2, 0.25) is 11.7 Å². The maximum absolute atomic E-state index is 11.5. The van der Waals surface area contributed by atoms with Crippen molar-refractivity contribution in [3.63, 3.8) is 0 Å². The van der Waals surface area contributed by atoms with E-state index in [-0.39, 0.29) is 12.6 Å². The molecule has 0 aliphatic carbocycles. The summed E-state index contributed by atoms with van der Waals surface area (Å²) in [4.78, 5) is 15.7. The smallest absolute Gasteiger partial charge is 0.315 e. The summed E-state index contributed by atoms with van der Waals surface area (Å²) in [5.74, 6) is 0.703. The number of carbonyl (C=O) groups excluding carboxylic acids is 1. The van der Waals surface area contributed by atoms with Gasteiger partial charge in [0.1, 0.15) is 0 Å². The summed E-state index contributed by atoms with van der Waals surface area (Å²) in [6.45, 7) is 2.17. The van der Waals surface area contributed by atoms with E-state index in [0.717, 1.165) is 5.56 Å². The molecule has 0 radical (unpaired) electrons. The molecule has 1 aromatic heterocycles. The fraction of sp³-hybridized carbons (Fsp3) is 0.357. The molecule has 7 nitrogen and oxygen atoms in total. The highest BCUT2D eigenvalue weighted by molar-refractivity contribution is 6.30. The Hall–Kier alpha value is -2.12. The van der Waals surface area contributed by atoms with E-state index >= 15 is 0 Å². The number of aliphatic hydroxyl groups is 1. The van der Waals surface area contributed by atoms with Crippen molar-refractivity contribution in [3.05, 3.63) is 35.2 Å². The van der Waals surface area contributed by atoms with Gasteiger partial charge in [0, 0.05) is 17.1 Å². The number of nitrogens with zero attached hydrogens (tertiary/aromatic N) is 2. The molecule has 2 amide bonds. The Kier molecular flexibility index (Phi) is 5.74. The van der Waals surface area contributed by atoms with E-state index in [2.05, 4.69) is 20.8 Å². The van der Waals surface area contributed by atoms with Crippen LogP contribution in [0.25, 0.3) is 11.4 Å². The van der Waals surface area contributed by atoms with Crippen LogP contribution in [0.2, 0.25) is 5.02 Å². The number of amides is 2. The highest BCUT2D eigenvalue weighted by atomic mass is 35.5. The molecule has 2 aromatic rings. The number of carbonyl (C=O) groups is 1. The molecule has 0 fully saturated rings. The summed E-state index contributed by atoms with van der Waals surface area (Å²) < 4.78 is 5.07. The van der Waals surface area contributed by atoms with Gasteiger partial charge in [-0.3, -0.25) is 0 Å². The average Bonchev–Trinajstić information content (AvgIpc) is 2.93. The highest BCUT2D eigenvalue weighted by Crippen LogP contribution is 2.19. The van der Waals surface area contributed by atoms with Crippen LogP contribution in [0, 0.1) is 0 Å². The van der Waals surface area contributed by atoms with Gasteiger partial charge in [-0.25, -0.2) is 4.79 Å². The average molecular weight is 325 g/mol. The number of benzene rings is 1. The van der Waals surface area contributed by atoms with Gasteiger partial charge in [-0.15, -0.1) is 0 Å². The van der Waals surface area contributed by atoms with Crippen molar-refractivity contribution in [1.82, 2.24) is 20.8 Å². The largest absolute Gasteiger partial charge is 0.393 e. The van der Waals surface area contributed by atoms with Gasteiger partial charge in [-0.2, -0.15) is 4.98 Å². The predicted octanol–water partition coefficient (Wildman–Crippen LogP) is 1.96. The maximum atomic E-state index is 11.5. The minimum absolute atomic E-state index is 0.119. The molecule has 0 saturated heterocycles. The molecule has 0 aliphatic heterocycles. The molecule has 0 aliphatic rings. The van der Waals surface area contributed by atoms with Crippen molar-refractivity contribution in [2.75, 3.05) is 6.54 Å². The Balaban J connectivity index is 1.83. The number of rotatable bonds is 6. The van der Waals surface area contributed by atoms with Crippen molar-refractivity contribution in [2.24, 2.45) is 0 Å². The predicted molar refractivity (Wildman–Crippen MR) is 81.3 cm³/mol. The van der Waals surface area contributed by atoms with Crippen LogP contribution in [0.3, 0.4) is 0 Å². The standard InChI is InChI=1S/C14H17ClN4O3/c1-9(20)5-6-16-14(21)17-8-12-18-13(19-22-12)10-3-2-4-11(15)7-10/h2-4,7,9,20H,5-6,8H2,1H3,(H2,16,17,21). The van der Waals surface area contributed by atoms with Crippen LogP contribution in [0.4, 0.5) is 4.79 Å². The third-order valence-corrected chi connectivity index (χ3v) is 3.03. The Morgan fingerprint density at radius 2 is 2.27 bits per heavy atom. The van der Waals surface area contributed by atoms with Crippen LogP contribution in [0.15, 0.2) is 28.8 Å². The molecule has 2 rings (SSSR count). The summed E-state index contributed by atoms with van der Waals surface area (Å²) in [6.07, 6.45) is 0.0453. The van der Waals surface area contributed by atoms with Gasteiger partial charge in [0.05, 0.1) is 12.6 Å². The number of hydrogen-bond acceptors (Lipinski definition) is 5. The molecule has 0 spiro atoms. The van der Waals surface area contributed by atoms with Crippen molar-refractivity contribution in [3.8, 4) is 11.4 Å². The number of nitrogens with one attached hydrogen (secondary N) is 2. The summed E-state index contributed by atoms with van der Waals surface area (Å²) >= 11 is 5.91. The minimum Gasteiger partial charge on any atom is -0.393 e. The SMILES string of the molecule is CC(O)CCNC(=O)NCc1nc(-c2cccc(Cl)c2)no1. The molecule has 22 heavy (non-hydrogen) atoms. The fourth-order valence-corrected chi connectivity index (χ4v) is 1.87. The van der Waals surface area contributed by atoms with Gasteiger partial charge in [-0.1, -0.05) is 28.9 Å². The van der Waals surface area contributed by atoms with Crippen LogP contribution in [0.1, 0.15) is 19.2 Å². The van der Waals surface area contributed by atoms with E-state index in [1.807, 2.05) is 6.07 Å². The second-order valence-corrected chi connectivity index (χ2v) is 5.21. The van der Waals surface area contributed by atoms with Gasteiger partial charge in [0.25, 0.3) is 0 Å². The lowest BCUT2D eigenvalue weighted by molar-refractivity contribution is 0.183. The zero-order chi connectivity index (χ0) is 15.9. The molecular weight excluding hydrogens is 308 g/mol. The Morgan fingerprint density at radius 1 is 1.45 bits per heavy atom. The maximum Gasteiger partial charge on any atom is 0.315 e. The van der Waals surface area contributed by atoms with Crippen LogP contribution >= 0.6 is 11.6 Å². The van der Waals surface area contributed by atoms with Gasteiger partial charge in [0.15, 0.2) is 0 Å². The fourth-order valence-electron chi connectivity index (χ4n) is 1.68. The van der Waals surface area contributed by atoms with E-state index in [1.165, 1.54) is 0 Å².